The molecule has 5 rings (SSSR count). The number of carbonyl (C=O) groups is 3. The number of imide groups is 1. The molecular formula is C30H30N2O4. The molecular weight excluding hydrogens is 452 g/mol. The van der Waals surface area contributed by atoms with Gasteiger partial charge in [-0.1, -0.05) is 85.8 Å². The van der Waals surface area contributed by atoms with Crippen LogP contribution in [0.15, 0.2) is 84.9 Å². The van der Waals surface area contributed by atoms with Gasteiger partial charge >= 0.3 is 6.09 Å². The molecule has 3 amide bonds. The smallest absolute Gasteiger partial charge is 0.421 e. The van der Waals surface area contributed by atoms with E-state index in [2.05, 4.69) is 5.32 Å². The van der Waals surface area contributed by atoms with E-state index < -0.39 is 40.9 Å². The molecule has 1 fully saturated rings. The largest absolute Gasteiger partial charge is 0.443 e. The standard InChI is InChI=1S/C30H30N2O4/c1-19-24(20-13-7-5-8-14-20)30(25(31-26(19)33)21-15-9-6-10-16-21)22-17-11-12-18-23(22)32(27(30)34)28(35)36-29(2,3)4/h5-19,24-25H,1-4H3,(H,31,33)/t19-,24-,25+,30-/m0/s1. The van der Waals surface area contributed by atoms with E-state index in [1.54, 1.807) is 26.8 Å². The Hall–Kier alpha value is -3.93. The highest BCUT2D eigenvalue weighted by Crippen LogP contribution is 2.60. The maximum Gasteiger partial charge on any atom is 0.421 e. The molecule has 184 valence electrons. The molecule has 2 aliphatic rings. The highest BCUT2D eigenvalue weighted by Gasteiger charge is 2.66. The zero-order chi connectivity index (χ0) is 25.7. The highest BCUT2D eigenvalue weighted by molar-refractivity contribution is 6.22. The molecule has 2 heterocycles. The molecule has 6 heteroatoms. The number of amides is 3. The minimum absolute atomic E-state index is 0.135. The van der Waals surface area contributed by atoms with Crippen molar-refractivity contribution in [2.24, 2.45) is 5.92 Å². The Morgan fingerprint density at radius 3 is 2.03 bits per heavy atom. The van der Waals surface area contributed by atoms with E-state index in [-0.39, 0.29) is 5.91 Å². The summed E-state index contributed by atoms with van der Waals surface area (Å²) >= 11 is 0. The van der Waals surface area contributed by atoms with E-state index in [9.17, 15) is 14.4 Å². The van der Waals surface area contributed by atoms with Gasteiger partial charge in [-0.05, 0) is 43.5 Å². The second kappa shape index (κ2) is 8.63. The van der Waals surface area contributed by atoms with Crippen molar-refractivity contribution in [3.8, 4) is 0 Å². The van der Waals surface area contributed by atoms with Crippen molar-refractivity contribution in [1.29, 1.82) is 0 Å². The van der Waals surface area contributed by atoms with E-state index >= 15 is 0 Å². The fraction of sp³-hybridized carbons (Fsp3) is 0.300. The number of carbonyl (C=O) groups excluding carboxylic acids is 3. The number of anilines is 1. The molecule has 0 aliphatic carbocycles. The molecule has 2 aliphatic heterocycles. The van der Waals surface area contributed by atoms with Gasteiger partial charge in [-0.2, -0.15) is 0 Å². The molecule has 1 spiro atoms. The predicted octanol–water partition coefficient (Wildman–Crippen LogP) is 5.50. The summed E-state index contributed by atoms with van der Waals surface area (Å²) in [7, 11) is 0. The minimum atomic E-state index is -1.26. The van der Waals surface area contributed by atoms with Crippen LogP contribution in [0.4, 0.5) is 10.5 Å². The minimum Gasteiger partial charge on any atom is -0.443 e. The van der Waals surface area contributed by atoms with Gasteiger partial charge in [-0.25, -0.2) is 9.69 Å². The zero-order valence-corrected chi connectivity index (χ0v) is 20.9. The Morgan fingerprint density at radius 2 is 1.42 bits per heavy atom. The molecule has 0 bridgehead atoms. The van der Waals surface area contributed by atoms with E-state index in [1.165, 1.54) is 0 Å². The van der Waals surface area contributed by atoms with Crippen LogP contribution in [0.2, 0.25) is 0 Å². The number of benzene rings is 3. The third-order valence-electron chi connectivity index (χ3n) is 7.16. The molecule has 36 heavy (non-hydrogen) atoms. The topological polar surface area (TPSA) is 75.7 Å². The van der Waals surface area contributed by atoms with E-state index in [4.69, 9.17) is 4.74 Å². The van der Waals surface area contributed by atoms with Crippen molar-refractivity contribution in [2.45, 2.75) is 50.7 Å². The zero-order valence-electron chi connectivity index (χ0n) is 20.9. The first kappa shape index (κ1) is 23.8. The fourth-order valence-corrected chi connectivity index (χ4v) is 5.81. The number of ether oxygens (including phenoxy) is 1. The van der Waals surface area contributed by atoms with Crippen molar-refractivity contribution in [3.63, 3.8) is 0 Å². The predicted molar refractivity (Wildman–Crippen MR) is 138 cm³/mol. The van der Waals surface area contributed by atoms with Crippen LogP contribution in [0, 0.1) is 5.92 Å². The van der Waals surface area contributed by atoms with E-state index in [0.29, 0.717) is 11.3 Å². The molecule has 0 aromatic heterocycles. The molecule has 4 atom stereocenters. The summed E-state index contributed by atoms with van der Waals surface area (Å²) in [5.74, 6) is -1.57. The number of rotatable bonds is 2. The van der Waals surface area contributed by atoms with Gasteiger partial charge in [-0.3, -0.25) is 9.59 Å². The summed E-state index contributed by atoms with van der Waals surface area (Å²) < 4.78 is 5.69. The second-order valence-corrected chi connectivity index (χ2v) is 10.5. The molecule has 0 saturated carbocycles. The Morgan fingerprint density at radius 1 is 0.861 bits per heavy atom. The monoisotopic (exact) mass is 482 g/mol. The Labute approximate surface area is 211 Å². The van der Waals surface area contributed by atoms with Crippen LogP contribution in [-0.2, 0) is 19.7 Å². The molecule has 1 N–H and O–H groups in total. The van der Waals surface area contributed by atoms with Gasteiger partial charge in [0.2, 0.25) is 11.8 Å². The SMILES string of the molecule is C[C@@H]1C(=O)N[C@H](c2ccccc2)[C@@]2(C(=O)N(C(=O)OC(C)(C)C)c3ccccc32)[C@@H]1c1ccccc1. The van der Waals surface area contributed by atoms with Crippen LogP contribution < -0.4 is 10.2 Å². The summed E-state index contributed by atoms with van der Waals surface area (Å²) in [4.78, 5) is 42.8. The third kappa shape index (κ3) is 3.60. The lowest BCUT2D eigenvalue weighted by Crippen LogP contribution is -2.61. The van der Waals surface area contributed by atoms with Gasteiger partial charge in [0.05, 0.1) is 11.7 Å². The maximum absolute atomic E-state index is 14.8. The van der Waals surface area contributed by atoms with Crippen molar-refractivity contribution < 1.29 is 19.1 Å². The highest BCUT2D eigenvalue weighted by atomic mass is 16.6. The summed E-state index contributed by atoms with van der Waals surface area (Å²) in [6.45, 7) is 7.17. The average molecular weight is 483 g/mol. The number of nitrogens with zero attached hydrogens (tertiary/aromatic N) is 1. The van der Waals surface area contributed by atoms with Crippen molar-refractivity contribution in [1.82, 2.24) is 5.32 Å². The first-order valence-corrected chi connectivity index (χ1v) is 12.2. The Balaban J connectivity index is 1.82. The first-order chi connectivity index (χ1) is 17.2. The summed E-state index contributed by atoms with van der Waals surface area (Å²) in [5, 5.41) is 3.16. The van der Waals surface area contributed by atoms with Crippen LogP contribution >= 0.6 is 0 Å². The second-order valence-electron chi connectivity index (χ2n) is 10.5. The average Bonchev–Trinajstić information content (AvgIpc) is 3.10. The van der Waals surface area contributed by atoms with Gasteiger partial charge in [-0.15, -0.1) is 0 Å². The normalized spacial score (nSPS) is 25.4. The van der Waals surface area contributed by atoms with Crippen LogP contribution in [0.5, 0.6) is 0 Å². The lowest BCUT2D eigenvalue weighted by atomic mass is 9.56. The summed E-state index contributed by atoms with van der Waals surface area (Å²) in [6, 6.07) is 25.8. The van der Waals surface area contributed by atoms with Crippen LogP contribution in [0.1, 0.15) is 56.3 Å². The van der Waals surface area contributed by atoms with Gasteiger partial charge in [0, 0.05) is 11.8 Å². The first-order valence-electron chi connectivity index (χ1n) is 12.2. The Bertz CT molecular complexity index is 1320. The Kier molecular flexibility index (Phi) is 5.70. The third-order valence-corrected chi connectivity index (χ3v) is 7.16. The molecule has 6 nitrogen and oxygen atoms in total. The number of piperidine rings is 1. The number of hydrogen-bond donors (Lipinski definition) is 1. The lowest BCUT2D eigenvalue weighted by molar-refractivity contribution is -0.136. The van der Waals surface area contributed by atoms with Crippen molar-refractivity contribution in [2.75, 3.05) is 4.90 Å². The van der Waals surface area contributed by atoms with Crippen LogP contribution in [0.25, 0.3) is 0 Å². The fourth-order valence-electron chi connectivity index (χ4n) is 5.81. The van der Waals surface area contributed by atoms with Crippen molar-refractivity contribution >= 4 is 23.6 Å². The molecule has 1 saturated heterocycles. The lowest BCUT2D eigenvalue weighted by Gasteiger charge is -2.49. The number of para-hydroxylation sites is 1. The maximum atomic E-state index is 14.8. The number of nitrogens with one attached hydrogen (secondary N) is 1. The van der Waals surface area contributed by atoms with Gasteiger partial charge < -0.3 is 10.1 Å². The van der Waals surface area contributed by atoms with Crippen LogP contribution in [-0.4, -0.2) is 23.5 Å². The van der Waals surface area contributed by atoms with Gasteiger partial charge in [0.25, 0.3) is 0 Å². The quantitative estimate of drug-likeness (QED) is 0.524. The molecule has 3 aromatic carbocycles. The van der Waals surface area contributed by atoms with Crippen molar-refractivity contribution in [3.05, 3.63) is 102 Å². The molecule has 3 aromatic rings. The summed E-state index contributed by atoms with van der Waals surface area (Å²) in [5.41, 5.74) is 0.817. The number of hydrogen-bond acceptors (Lipinski definition) is 4. The van der Waals surface area contributed by atoms with Crippen LogP contribution in [0.3, 0.4) is 0 Å². The molecule has 0 radical (unpaired) electrons. The van der Waals surface area contributed by atoms with E-state index in [0.717, 1.165) is 16.0 Å². The molecule has 0 unspecified atom stereocenters. The summed E-state index contributed by atoms with van der Waals surface area (Å²) in [6.07, 6.45) is -0.722. The van der Waals surface area contributed by atoms with Gasteiger partial charge in [0.15, 0.2) is 0 Å². The van der Waals surface area contributed by atoms with E-state index in [1.807, 2.05) is 85.8 Å². The number of fused-ring (bicyclic) bond motifs is 2. The van der Waals surface area contributed by atoms with Gasteiger partial charge in [0.1, 0.15) is 11.0 Å².